The number of likely N-dealkylation sites (N-methyl/N-ethyl adjacent to an activating group) is 1. The molecule has 0 bridgehead atoms. The van der Waals surface area contributed by atoms with Crippen molar-refractivity contribution in [2.75, 3.05) is 6.54 Å². The molecule has 0 heterocycles. The fourth-order valence-electron chi connectivity index (χ4n) is 7.65. The first-order valence-corrected chi connectivity index (χ1v) is 11.1. The van der Waals surface area contributed by atoms with Gasteiger partial charge in [-0.2, -0.15) is 0 Å². The molecule has 3 unspecified atom stereocenters. The van der Waals surface area contributed by atoms with Crippen LogP contribution in [0.15, 0.2) is 23.8 Å². The molecule has 4 aliphatic rings. The van der Waals surface area contributed by atoms with Gasteiger partial charge in [-0.1, -0.05) is 26.8 Å². The van der Waals surface area contributed by atoms with Gasteiger partial charge in [0.15, 0.2) is 5.78 Å². The highest BCUT2D eigenvalue weighted by Gasteiger charge is 2.65. The van der Waals surface area contributed by atoms with Gasteiger partial charge in [-0.3, -0.25) is 14.4 Å². The molecule has 0 aliphatic heterocycles. The number of fused-ring (bicyclic) bond motifs is 5. The summed E-state index contributed by atoms with van der Waals surface area (Å²) in [6, 6.07) is 0. The normalized spacial score (nSPS) is 47.1. The molecule has 0 saturated heterocycles. The zero-order valence-electron chi connectivity index (χ0n) is 18.2. The third kappa shape index (κ3) is 2.86. The number of allylic oxidation sites excluding steroid dienone is 4. The van der Waals surface area contributed by atoms with Crippen LogP contribution in [0.25, 0.3) is 0 Å². The van der Waals surface area contributed by atoms with Crippen LogP contribution in [0, 0.1) is 40.4 Å². The molecule has 30 heavy (non-hydrogen) atoms. The summed E-state index contributed by atoms with van der Waals surface area (Å²) in [6.45, 7) is 8.09. The average molecular weight is 418 g/mol. The van der Waals surface area contributed by atoms with E-state index in [0.29, 0.717) is 18.5 Å². The van der Waals surface area contributed by atoms with E-state index in [4.69, 9.17) is 0 Å². The molecular formula is C24H32FNO4. The van der Waals surface area contributed by atoms with Gasteiger partial charge in [-0.05, 0) is 67.1 Å². The van der Waals surface area contributed by atoms with Crippen LogP contribution in [0.3, 0.4) is 0 Å². The van der Waals surface area contributed by atoms with Crippen LogP contribution in [0.1, 0.15) is 47.0 Å². The highest BCUT2D eigenvalue weighted by Crippen LogP contribution is 2.67. The van der Waals surface area contributed by atoms with Crippen molar-refractivity contribution in [3.63, 3.8) is 0 Å². The topological polar surface area (TPSA) is 83.5 Å². The fraction of sp³-hybridized carbons (Fsp3) is 0.708. The number of hydrogen-bond donors (Lipinski definition) is 2. The molecule has 0 spiro atoms. The van der Waals surface area contributed by atoms with Gasteiger partial charge in [-0.25, -0.2) is 4.39 Å². The van der Waals surface area contributed by atoms with Gasteiger partial charge >= 0.3 is 0 Å². The second kappa shape index (κ2) is 7.11. The Morgan fingerprint density at radius 2 is 2.00 bits per heavy atom. The van der Waals surface area contributed by atoms with Crippen LogP contribution in [-0.2, 0) is 14.4 Å². The van der Waals surface area contributed by atoms with Crippen LogP contribution < -0.4 is 5.32 Å². The molecule has 3 fully saturated rings. The molecule has 0 aromatic heterocycles. The summed E-state index contributed by atoms with van der Waals surface area (Å²) in [6.07, 6.45) is 4.08. The number of halogens is 1. The highest BCUT2D eigenvalue weighted by atomic mass is 19.1. The molecule has 0 aromatic carbocycles. The standard InChI is InChI=1S/C24H32FNO4/c1-5-26-22(30)21(29)19-12(2)8-15-14-10-17(25)16-9-13(27)6-7-23(16,3)20(14)18(28)11-24(15,19)4/h6-7,9,12,14-15,17-20,28H,5,8,10-11H2,1-4H3,(H,26,30)/t12?,14-,15-,17?,18?,19+,20+,23-,24-/m0/s1. The van der Waals surface area contributed by atoms with E-state index in [-0.39, 0.29) is 35.9 Å². The van der Waals surface area contributed by atoms with E-state index in [1.807, 2.05) is 20.8 Å². The maximum absolute atomic E-state index is 15.3. The van der Waals surface area contributed by atoms with Crippen molar-refractivity contribution in [2.24, 2.45) is 40.4 Å². The predicted molar refractivity (Wildman–Crippen MR) is 110 cm³/mol. The molecule has 0 aromatic rings. The molecule has 9 atom stereocenters. The van der Waals surface area contributed by atoms with Crippen molar-refractivity contribution in [1.29, 1.82) is 0 Å². The average Bonchev–Trinajstić information content (AvgIpc) is 2.92. The summed E-state index contributed by atoms with van der Waals surface area (Å²) >= 11 is 0. The van der Waals surface area contributed by atoms with Crippen LogP contribution in [0.5, 0.6) is 0 Å². The van der Waals surface area contributed by atoms with E-state index in [0.717, 1.165) is 6.42 Å². The van der Waals surface area contributed by atoms with Crippen LogP contribution in [0.4, 0.5) is 4.39 Å². The first kappa shape index (κ1) is 21.4. The lowest BCUT2D eigenvalue weighted by Crippen LogP contribution is -2.58. The zero-order valence-corrected chi connectivity index (χ0v) is 18.2. The number of nitrogens with one attached hydrogen (secondary N) is 1. The number of amides is 1. The van der Waals surface area contributed by atoms with Gasteiger partial charge < -0.3 is 10.4 Å². The number of alkyl halides is 1. The van der Waals surface area contributed by atoms with E-state index in [2.05, 4.69) is 5.32 Å². The van der Waals surface area contributed by atoms with Crippen molar-refractivity contribution in [2.45, 2.75) is 59.2 Å². The maximum atomic E-state index is 15.3. The van der Waals surface area contributed by atoms with Gasteiger partial charge in [0.2, 0.25) is 5.78 Å². The Labute approximate surface area is 177 Å². The summed E-state index contributed by atoms with van der Waals surface area (Å²) in [5.41, 5.74) is -0.782. The molecule has 5 nitrogen and oxygen atoms in total. The van der Waals surface area contributed by atoms with E-state index in [1.54, 1.807) is 13.0 Å². The quantitative estimate of drug-likeness (QED) is 0.692. The molecule has 4 aliphatic carbocycles. The van der Waals surface area contributed by atoms with Crippen LogP contribution in [0.2, 0.25) is 0 Å². The third-order valence-electron chi connectivity index (χ3n) is 8.66. The molecule has 164 valence electrons. The Morgan fingerprint density at radius 1 is 1.30 bits per heavy atom. The van der Waals surface area contributed by atoms with Gasteiger partial charge in [-0.15, -0.1) is 0 Å². The molecule has 1 amide bonds. The molecule has 0 radical (unpaired) electrons. The number of hydrogen-bond acceptors (Lipinski definition) is 4. The SMILES string of the molecule is CCNC(=O)C(=O)[C@H]1C(C)C[C@H]2[C@@H]3CC(F)C4=CC(=O)C=C[C@]4(C)[C@H]3C(O)C[C@]12C. The Morgan fingerprint density at radius 3 is 2.67 bits per heavy atom. The van der Waals surface area contributed by atoms with Crippen molar-refractivity contribution in [3.8, 4) is 0 Å². The van der Waals surface area contributed by atoms with Crippen LogP contribution in [-0.4, -0.2) is 41.4 Å². The van der Waals surface area contributed by atoms with Crippen molar-refractivity contribution >= 4 is 17.5 Å². The van der Waals surface area contributed by atoms with E-state index in [9.17, 15) is 19.5 Å². The first-order chi connectivity index (χ1) is 14.0. The summed E-state index contributed by atoms with van der Waals surface area (Å²) in [4.78, 5) is 37.3. The van der Waals surface area contributed by atoms with Gasteiger partial charge in [0.1, 0.15) is 6.17 Å². The predicted octanol–water partition coefficient (Wildman–Crippen LogP) is 2.78. The van der Waals surface area contributed by atoms with Crippen LogP contribution >= 0.6 is 0 Å². The third-order valence-corrected chi connectivity index (χ3v) is 8.66. The van der Waals surface area contributed by atoms with Crippen molar-refractivity contribution < 1.29 is 23.9 Å². The summed E-state index contributed by atoms with van der Waals surface area (Å²) in [5.74, 6) is -1.93. The Bertz CT molecular complexity index is 850. The minimum Gasteiger partial charge on any atom is -0.393 e. The molecule has 2 N–H and O–H groups in total. The molecule has 4 rings (SSSR count). The Hall–Kier alpha value is -1.82. The highest BCUT2D eigenvalue weighted by molar-refractivity contribution is 6.37. The molecule has 6 heteroatoms. The second-order valence-corrected chi connectivity index (χ2v) is 10.3. The van der Waals surface area contributed by atoms with Crippen molar-refractivity contribution in [3.05, 3.63) is 23.8 Å². The maximum Gasteiger partial charge on any atom is 0.287 e. The zero-order chi connectivity index (χ0) is 22.0. The van der Waals surface area contributed by atoms with Gasteiger partial charge in [0.05, 0.1) is 6.10 Å². The molecule has 3 saturated carbocycles. The first-order valence-electron chi connectivity index (χ1n) is 11.1. The van der Waals surface area contributed by atoms with Crippen molar-refractivity contribution in [1.82, 2.24) is 5.32 Å². The summed E-state index contributed by atoms with van der Waals surface area (Å²) in [5, 5.41) is 13.9. The smallest absolute Gasteiger partial charge is 0.287 e. The lowest BCUT2D eigenvalue weighted by atomic mass is 9.46. The van der Waals surface area contributed by atoms with Gasteiger partial charge in [0.25, 0.3) is 5.91 Å². The van der Waals surface area contributed by atoms with Gasteiger partial charge in [0, 0.05) is 23.8 Å². The van der Waals surface area contributed by atoms with E-state index >= 15 is 4.39 Å². The minimum atomic E-state index is -1.24. The Kier molecular flexibility index (Phi) is 5.08. The minimum absolute atomic E-state index is 0.00709. The van der Waals surface area contributed by atoms with E-state index < -0.39 is 40.7 Å². The monoisotopic (exact) mass is 417 g/mol. The second-order valence-electron chi connectivity index (χ2n) is 10.3. The number of Topliss-reactive ketones (excluding diaryl/α,β-unsaturated/α-hetero) is 1. The summed E-state index contributed by atoms with van der Waals surface area (Å²) in [7, 11) is 0. The number of aliphatic hydroxyl groups excluding tert-OH is 1. The fourth-order valence-corrected chi connectivity index (χ4v) is 7.65. The largest absolute Gasteiger partial charge is 0.393 e. The Balaban J connectivity index is 1.72. The van der Waals surface area contributed by atoms with E-state index in [1.165, 1.54) is 12.2 Å². The summed E-state index contributed by atoms with van der Waals surface area (Å²) < 4.78 is 15.3. The number of carbonyl (C=O) groups is 3. The molecular weight excluding hydrogens is 385 g/mol. The number of aliphatic hydroxyl groups is 1. The number of rotatable bonds is 3. The lowest BCUT2D eigenvalue weighted by Gasteiger charge is -2.59. The number of ketones is 2. The lowest BCUT2D eigenvalue weighted by molar-refractivity contribution is -0.151. The number of carbonyl (C=O) groups excluding carboxylic acids is 3.